The monoisotopic (exact) mass is 258 g/mol. The number of hydrogen-bond acceptors (Lipinski definition) is 2. The van der Waals surface area contributed by atoms with Gasteiger partial charge in [-0.15, -0.1) is 0 Å². The second-order valence-electron chi connectivity index (χ2n) is 6.54. The minimum Gasteiger partial charge on any atom is -0.310 e. The van der Waals surface area contributed by atoms with Crippen molar-refractivity contribution in [3.63, 3.8) is 0 Å². The number of benzene rings is 1. The summed E-state index contributed by atoms with van der Waals surface area (Å²) in [5.41, 5.74) is 3.00. The maximum Gasteiger partial charge on any atom is 0.0239 e. The first-order chi connectivity index (χ1) is 9.22. The average Bonchev–Trinajstić information content (AvgIpc) is 3.15. The molecule has 1 aliphatic carbocycles. The number of rotatable bonds is 5. The van der Waals surface area contributed by atoms with E-state index in [1.54, 1.807) is 0 Å². The van der Waals surface area contributed by atoms with Crippen LogP contribution in [0.15, 0.2) is 24.3 Å². The average molecular weight is 258 g/mol. The minimum absolute atomic E-state index is 0.736. The van der Waals surface area contributed by atoms with Gasteiger partial charge in [-0.05, 0) is 43.2 Å². The molecule has 3 rings (SSSR count). The van der Waals surface area contributed by atoms with E-state index in [0.717, 1.165) is 31.1 Å². The molecule has 2 aliphatic rings. The molecule has 1 aromatic rings. The van der Waals surface area contributed by atoms with Crippen LogP contribution in [0.4, 0.5) is 0 Å². The summed E-state index contributed by atoms with van der Waals surface area (Å²) in [7, 11) is 0. The molecule has 0 bridgehead atoms. The smallest absolute Gasteiger partial charge is 0.0239 e. The Morgan fingerprint density at radius 2 is 1.89 bits per heavy atom. The van der Waals surface area contributed by atoms with E-state index in [9.17, 15) is 0 Å². The first kappa shape index (κ1) is 13.1. The van der Waals surface area contributed by atoms with Crippen molar-refractivity contribution in [3.05, 3.63) is 35.4 Å². The van der Waals surface area contributed by atoms with Crippen LogP contribution in [-0.2, 0) is 13.1 Å². The van der Waals surface area contributed by atoms with Crippen LogP contribution in [0.5, 0.6) is 0 Å². The zero-order valence-corrected chi connectivity index (χ0v) is 12.2. The predicted octanol–water partition coefficient (Wildman–Crippen LogP) is 3.17. The largest absolute Gasteiger partial charge is 0.310 e. The Hall–Kier alpha value is -0.860. The summed E-state index contributed by atoms with van der Waals surface area (Å²) in [5, 5.41) is 3.64. The third-order valence-electron chi connectivity index (χ3n) is 4.56. The van der Waals surface area contributed by atoms with Crippen molar-refractivity contribution in [1.29, 1.82) is 0 Å². The number of nitrogens with one attached hydrogen (secondary N) is 1. The molecule has 1 aliphatic heterocycles. The number of hydrogen-bond donors (Lipinski definition) is 1. The second-order valence-corrected chi connectivity index (χ2v) is 6.54. The summed E-state index contributed by atoms with van der Waals surface area (Å²) in [5.74, 6) is 0.853. The van der Waals surface area contributed by atoms with E-state index in [1.807, 2.05) is 0 Å². The molecular formula is C17H26N2. The van der Waals surface area contributed by atoms with Crippen molar-refractivity contribution >= 4 is 0 Å². The van der Waals surface area contributed by atoms with Crippen LogP contribution in [0, 0.1) is 5.92 Å². The first-order valence-electron chi connectivity index (χ1n) is 7.76. The van der Waals surface area contributed by atoms with Crippen molar-refractivity contribution in [2.45, 2.75) is 58.3 Å². The molecule has 0 radical (unpaired) electrons. The molecule has 19 heavy (non-hydrogen) atoms. The summed E-state index contributed by atoms with van der Waals surface area (Å²) in [4.78, 5) is 2.64. The number of nitrogens with zero attached hydrogens (tertiary/aromatic N) is 1. The highest BCUT2D eigenvalue weighted by Crippen LogP contribution is 2.25. The summed E-state index contributed by atoms with van der Waals surface area (Å²) in [6, 6.07) is 10.5. The van der Waals surface area contributed by atoms with E-state index >= 15 is 0 Å². The fourth-order valence-corrected chi connectivity index (χ4v) is 3.25. The summed E-state index contributed by atoms with van der Waals surface area (Å²) in [6.07, 6.45) is 4.08. The fraction of sp³-hybridized carbons (Fsp3) is 0.647. The highest BCUT2D eigenvalue weighted by molar-refractivity contribution is 5.27. The summed E-state index contributed by atoms with van der Waals surface area (Å²) >= 11 is 0. The molecule has 0 spiro atoms. The van der Waals surface area contributed by atoms with Crippen molar-refractivity contribution in [2.24, 2.45) is 5.92 Å². The van der Waals surface area contributed by atoms with Gasteiger partial charge in [-0.3, -0.25) is 4.90 Å². The van der Waals surface area contributed by atoms with Crippen LogP contribution >= 0.6 is 0 Å². The molecule has 2 fully saturated rings. The lowest BCUT2D eigenvalue weighted by Gasteiger charge is -2.22. The molecule has 0 aromatic heterocycles. The van der Waals surface area contributed by atoms with Crippen molar-refractivity contribution in [2.75, 3.05) is 6.54 Å². The molecule has 1 heterocycles. The van der Waals surface area contributed by atoms with E-state index in [1.165, 1.54) is 36.9 Å². The Bertz CT molecular complexity index is 425. The summed E-state index contributed by atoms with van der Waals surface area (Å²) < 4.78 is 0. The molecule has 2 nitrogen and oxygen atoms in total. The van der Waals surface area contributed by atoms with Gasteiger partial charge in [0.25, 0.3) is 0 Å². The zero-order valence-electron chi connectivity index (χ0n) is 12.2. The van der Waals surface area contributed by atoms with Gasteiger partial charge in [-0.2, -0.15) is 0 Å². The summed E-state index contributed by atoms with van der Waals surface area (Å²) in [6.45, 7) is 8.16. The molecular weight excluding hydrogens is 232 g/mol. The van der Waals surface area contributed by atoms with Crippen molar-refractivity contribution in [1.82, 2.24) is 10.2 Å². The van der Waals surface area contributed by atoms with E-state index in [-0.39, 0.29) is 0 Å². The molecule has 0 amide bonds. The highest BCUT2D eigenvalue weighted by atomic mass is 15.2. The number of likely N-dealkylation sites (tertiary alicyclic amines) is 1. The topological polar surface area (TPSA) is 15.3 Å². The van der Waals surface area contributed by atoms with Gasteiger partial charge in [0.2, 0.25) is 0 Å². The molecule has 2 atom stereocenters. The van der Waals surface area contributed by atoms with Gasteiger partial charge in [0.15, 0.2) is 0 Å². The molecule has 1 saturated carbocycles. The highest BCUT2D eigenvalue weighted by Gasteiger charge is 2.26. The quantitative estimate of drug-likeness (QED) is 0.872. The fourth-order valence-electron chi connectivity index (χ4n) is 3.25. The Morgan fingerprint density at radius 3 is 2.53 bits per heavy atom. The molecule has 1 saturated heterocycles. The van der Waals surface area contributed by atoms with E-state index < -0.39 is 0 Å². The van der Waals surface area contributed by atoms with Gasteiger partial charge in [-0.1, -0.05) is 31.2 Å². The van der Waals surface area contributed by atoms with E-state index in [4.69, 9.17) is 0 Å². The lowest BCUT2D eigenvalue weighted by molar-refractivity contribution is 0.255. The maximum absolute atomic E-state index is 3.64. The molecule has 1 N–H and O–H groups in total. The third-order valence-corrected chi connectivity index (χ3v) is 4.56. The minimum atomic E-state index is 0.736. The lowest BCUT2D eigenvalue weighted by Crippen LogP contribution is -2.27. The van der Waals surface area contributed by atoms with Gasteiger partial charge in [0, 0.05) is 31.7 Å². The Morgan fingerprint density at radius 1 is 1.16 bits per heavy atom. The van der Waals surface area contributed by atoms with Crippen LogP contribution in [0.1, 0.15) is 44.2 Å². The zero-order chi connectivity index (χ0) is 13.2. The van der Waals surface area contributed by atoms with Gasteiger partial charge < -0.3 is 5.32 Å². The third kappa shape index (κ3) is 3.37. The van der Waals surface area contributed by atoms with Gasteiger partial charge in [0.05, 0.1) is 0 Å². The second kappa shape index (κ2) is 5.64. The molecule has 2 unspecified atom stereocenters. The van der Waals surface area contributed by atoms with Crippen molar-refractivity contribution < 1.29 is 0 Å². The van der Waals surface area contributed by atoms with Gasteiger partial charge in [-0.25, -0.2) is 0 Å². The van der Waals surface area contributed by atoms with Crippen molar-refractivity contribution in [3.8, 4) is 0 Å². The van der Waals surface area contributed by atoms with Gasteiger partial charge in [0.1, 0.15) is 0 Å². The Balaban J connectivity index is 1.65. The van der Waals surface area contributed by atoms with Crippen LogP contribution < -0.4 is 5.32 Å². The standard InChI is InChI=1S/C17H26N2/c1-13-9-14(2)19(11-13)12-16-6-4-3-5-15(16)10-18-17-7-8-17/h3-6,13-14,17-18H,7-12H2,1-2H3. The predicted molar refractivity (Wildman–Crippen MR) is 80.0 cm³/mol. The molecule has 104 valence electrons. The Kier molecular flexibility index (Phi) is 3.90. The maximum atomic E-state index is 3.64. The Labute approximate surface area is 117 Å². The van der Waals surface area contributed by atoms with Crippen LogP contribution in [0.2, 0.25) is 0 Å². The SMILES string of the molecule is CC1CC(C)N(Cc2ccccc2CNC2CC2)C1. The van der Waals surface area contributed by atoms with Crippen LogP contribution in [0.25, 0.3) is 0 Å². The van der Waals surface area contributed by atoms with Crippen LogP contribution in [-0.4, -0.2) is 23.5 Å². The van der Waals surface area contributed by atoms with E-state index in [2.05, 4.69) is 48.3 Å². The van der Waals surface area contributed by atoms with Gasteiger partial charge >= 0.3 is 0 Å². The normalized spacial score (nSPS) is 27.9. The van der Waals surface area contributed by atoms with E-state index in [0.29, 0.717) is 0 Å². The molecule has 2 heteroatoms. The lowest BCUT2D eigenvalue weighted by atomic mass is 10.1. The van der Waals surface area contributed by atoms with Crippen LogP contribution in [0.3, 0.4) is 0 Å². The molecule has 1 aromatic carbocycles. The first-order valence-corrected chi connectivity index (χ1v) is 7.76.